The van der Waals surface area contributed by atoms with Crippen molar-refractivity contribution in [3.8, 4) is 0 Å². The van der Waals surface area contributed by atoms with Crippen molar-refractivity contribution in [3.63, 3.8) is 0 Å². The van der Waals surface area contributed by atoms with Gasteiger partial charge in [0.1, 0.15) is 0 Å². The van der Waals surface area contributed by atoms with Gasteiger partial charge in [0, 0.05) is 16.6 Å². The van der Waals surface area contributed by atoms with Crippen molar-refractivity contribution in [1.29, 1.82) is 0 Å². The van der Waals surface area contributed by atoms with Gasteiger partial charge < -0.3 is 4.98 Å². The molecule has 0 saturated heterocycles. The molecule has 1 N–H and O–H groups in total. The van der Waals surface area contributed by atoms with Crippen LogP contribution in [0.3, 0.4) is 0 Å². The second-order valence-electron chi connectivity index (χ2n) is 5.74. The SMILES string of the molecule is Cc1[nH]cnc1[C@@H]1[C@@H](c2cccc(Cl)c2)C1(C)C. The van der Waals surface area contributed by atoms with Crippen LogP contribution < -0.4 is 0 Å². The average molecular weight is 261 g/mol. The van der Waals surface area contributed by atoms with Crippen LogP contribution in [0.4, 0.5) is 0 Å². The Labute approximate surface area is 112 Å². The molecule has 2 nitrogen and oxygen atoms in total. The van der Waals surface area contributed by atoms with E-state index in [4.69, 9.17) is 11.6 Å². The number of rotatable bonds is 2. The Morgan fingerprint density at radius 2 is 2.06 bits per heavy atom. The molecule has 1 aromatic heterocycles. The summed E-state index contributed by atoms with van der Waals surface area (Å²) in [5.41, 5.74) is 3.95. The van der Waals surface area contributed by atoms with Crippen LogP contribution in [0, 0.1) is 12.3 Å². The number of hydrogen-bond acceptors (Lipinski definition) is 1. The molecule has 0 radical (unpaired) electrons. The smallest absolute Gasteiger partial charge is 0.0925 e. The van der Waals surface area contributed by atoms with Gasteiger partial charge >= 0.3 is 0 Å². The summed E-state index contributed by atoms with van der Waals surface area (Å²) >= 11 is 6.09. The molecule has 0 unspecified atom stereocenters. The first-order valence-electron chi connectivity index (χ1n) is 6.27. The number of hydrogen-bond donors (Lipinski definition) is 1. The number of aromatic amines is 1. The molecule has 3 heteroatoms. The molecule has 0 bridgehead atoms. The van der Waals surface area contributed by atoms with Crippen molar-refractivity contribution >= 4 is 11.6 Å². The molecule has 2 atom stereocenters. The Hall–Kier alpha value is -1.28. The standard InChI is InChI=1S/C15H17ClN2/c1-9-14(18-8-17-9)13-12(15(13,2)3)10-5-4-6-11(16)7-10/h4-8,12-13H,1-3H3,(H,17,18)/t12-,13+/m1/s1. The van der Waals surface area contributed by atoms with Crippen LogP contribution in [-0.4, -0.2) is 9.97 Å². The first-order chi connectivity index (χ1) is 8.51. The Bertz CT molecular complexity index is 586. The lowest BCUT2D eigenvalue weighted by molar-refractivity contribution is 0.597. The minimum atomic E-state index is 0.255. The van der Waals surface area contributed by atoms with E-state index in [2.05, 4.69) is 42.9 Å². The van der Waals surface area contributed by atoms with Crippen LogP contribution in [0.25, 0.3) is 0 Å². The zero-order valence-corrected chi connectivity index (χ0v) is 11.6. The van der Waals surface area contributed by atoms with E-state index in [9.17, 15) is 0 Å². The summed E-state index contributed by atoms with van der Waals surface area (Å²) in [7, 11) is 0. The fourth-order valence-electron chi connectivity index (χ4n) is 3.15. The highest BCUT2D eigenvalue weighted by Gasteiger charge is 2.60. The number of benzene rings is 1. The largest absolute Gasteiger partial charge is 0.348 e. The van der Waals surface area contributed by atoms with Crippen LogP contribution in [0.1, 0.15) is 42.6 Å². The number of nitrogens with zero attached hydrogens (tertiary/aromatic N) is 1. The maximum Gasteiger partial charge on any atom is 0.0925 e. The van der Waals surface area contributed by atoms with Gasteiger partial charge in [-0.05, 0) is 36.0 Å². The third-order valence-electron chi connectivity index (χ3n) is 4.20. The fraction of sp³-hybridized carbons (Fsp3) is 0.400. The third-order valence-corrected chi connectivity index (χ3v) is 4.43. The summed E-state index contributed by atoms with van der Waals surface area (Å²) < 4.78 is 0. The second-order valence-corrected chi connectivity index (χ2v) is 6.18. The molecule has 1 aliphatic carbocycles. The summed E-state index contributed by atoms with van der Waals surface area (Å²) in [4.78, 5) is 7.66. The van der Waals surface area contributed by atoms with Crippen molar-refractivity contribution in [3.05, 3.63) is 52.6 Å². The van der Waals surface area contributed by atoms with E-state index in [1.165, 1.54) is 17.0 Å². The summed E-state index contributed by atoms with van der Waals surface area (Å²) in [6, 6.07) is 8.20. The molecule has 0 amide bonds. The number of aryl methyl sites for hydroxylation is 1. The highest BCUT2D eigenvalue weighted by Crippen LogP contribution is 2.69. The number of halogens is 1. The minimum absolute atomic E-state index is 0.255. The van der Waals surface area contributed by atoms with Crippen molar-refractivity contribution in [2.24, 2.45) is 5.41 Å². The van der Waals surface area contributed by atoms with Gasteiger partial charge in [-0.3, -0.25) is 0 Å². The van der Waals surface area contributed by atoms with Crippen LogP contribution >= 0.6 is 11.6 Å². The molecular formula is C15H17ClN2. The van der Waals surface area contributed by atoms with Gasteiger partial charge in [-0.25, -0.2) is 4.98 Å². The van der Waals surface area contributed by atoms with Gasteiger partial charge in [0.05, 0.1) is 12.0 Å². The Morgan fingerprint density at radius 1 is 1.28 bits per heavy atom. The molecule has 1 aromatic carbocycles. The van der Waals surface area contributed by atoms with E-state index in [-0.39, 0.29) is 5.41 Å². The summed E-state index contributed by atoms with van der Waals surface area (Å²) in [6.45, 7) is 6.69. The lowest BCUT2D eigenvalue weighted by Crippen LogP contribution is -1.92. The van der Waals surface area contributed by atoms with Crippen LogP contribution in [0.15, 0.2) is 30.6 Å². The molecule has 0 aliphatic heterocycles. The van der Waals surface area contributed by atoms with Crippen molar-refractivity contribution in [1.82, 2.24) is 9.97 Å². The van der Waals surface area contributed by atoms with Gasteiger partial charge in [-0.1, -0.05) is 37.6 Å². The topological polar surface area (TPSA) is 28.7 Å². The van der Waals surface area contributed by atoms with Gasteiger partial charge in [0.15, 0.2) is 0 Å². The maximum atomic E-state index is 6.09. The van der Waals surface area contributed by atoms with Crippen molar-refractivity contribution in [2.45, 2.75) is 32.6 Å². The summed E-state index contributed by atoms with van der Waals surface area (Å²) in [6.07, 6.45) is 1.79. The number of aromatic nitrogens is 2. The van der Waals surface area contributed by atoms with Gasteiger partial charge in [0.2, 0.25) is 0 Å². The zero-order valence-electron chi connectivity index (χ0n) is 10.9. The monoisotopic (exact) mass is 260 g/mol. The molecular weight excluding hydrogens is 244 g/mol. The van der Waals surface area contributed by atoms with Gasteiger partial charge in [-0.2, -0.15) is 0 Å². The average Bonchev–Trinajstić information content (AvgIpc) is 2.65. The molecule has 18 heavy (non-hydrogen) atoms. The maximum absolute atomic E-state index is 6.09. The molecule has 1 saturated carbocycles. The quantitative estimate of drug-likeness (QED) is 0.858. The normalized spacial score (nSPS) is 25.1. The minimum Gasteiger partial charge on any atom is -0.348 e. The Kier molecular flexibility index (Phi) is 2.53. The van der Waals surface area contributed by atoms with Crippen LogP contribution in [0.5, 0.6) is 0 Å². The summed E-state index contributed by atoms with van der Waals surface area (Å²) in [5.74, 6) is 1.00. The molecule has 1 heterocycles. The van der Waals surface area contributed by atoms with E-state index in [0.29, 0.717) is 11.8 Å². The number of H-pyrrole nitrogens is 1. The molecule has 94 valence electrons. The highest BCUT2D eigenvalue weighted by atomic mass is 35.5. The van der Waals surface area contributed by atoms with Crippen LogP contribution in [-0.2, 0) is 0 Å². The number of imidazole rings is 1. The van der Waals surface area contributed by atoms with Gasteiger partial charge in [0.25, 0.3) is 0 Å². The van der Waals surface area contributed by atoms with Crippen LogP contribution in [0.2, 0.25) is 5.02 Å². The first-order valence-corrected chi connectivity index (χ1v) is 6.65. The molecule has 1 fully saturated rings. The lowest BCUT2D eigenvalue weighted by atomic mass is 10.0. The molecule has 2 aromatic rings. The van der Waals surface area contributed by atoms with Gasteiger partial charge in [-0.15, -0.1) is 0 Å². The highest BCUT2D eigenvalue weighted by molar-refractivity contribution is 6.30. The number of nitrogens with one attached hydrogen (secondary N) is 1. The zero-order chi connectivity index (χ0) is 12.9. The molecule has 3 rings (SSSR count). The fourth-order valence-corrected chi connectivity index (χ4v) is 3.35. The van der Waals surface area contributed by atoms with E-state index in [1.54, 1.807) is 6.33 Å². The predicted octanol–water partition coefficient (Wildman–Crippen LogP) is 4.28. The predicted molar refractivity (Wildman–Crippen MR) is 74.0 cm³/mol. The summed E-state index contributed by atoms with van der Waals surface area (Å²) in [5, 5.41) is 0.813. The van der Waals surface area contributed by atoms with E-state index in [1.807, 2.05) is 12.1 Å². The molecule has 1 aliphatic rings. The van der Waals surface area contributed by atoms with E-state index >= 15 is 0 Å². The van der Waals surface area contributed by atoms with E-state index in [0.717, 1.165) is 5.02 Å². The Morgan fingerprint density at radius 3 is 2.67 bits per heavy atom. The Balaban J connectivity index is 1.98. The van der Waals surface area contributed by atoms with Crippen molar-refractivity contribution < 1.29 is 0 Å². The van der Waals surface area contributed by atoms with E-state index < -0.39 is 0 Å². The second kappa shape index (κ2) is 3.86. The first kappa shape index (κ1) is 11.8. The molecule has 0 spiro atoms. The third kappa shape index (κ3) is 1.67. The van der Waals surface area contributed by atoms with Crippen molar-refractivity contribution in [2.75, 3.05) is 0 Å². The lowest BCUT2D eigenvalue weighted by Gasteiger charge is -2.02.